The SMILES string of the molecule is CON(C)C(=O)c1cccc(N)c1Cl. The van der Waals surface area contributed by atoms with Crippen LogP contribution >= 0.6 is 11.6 Å². The molecule has 0 fully saturated rings. The Hall–Kier alpha value is -1.26. The number of nitrogen functional groups attached to an aromatic ring is 1. The monoisotopic (exact) mass is 214 g/mol. The minimum atomic E-state index is -0.329. The second-order valence-corrected chi connectivity index (χ2v) is 3.07. The molecule has 2 N–H and O–H groups in total. The van der Waals surface area contributed by atoms with Crippen molar-refractivity contribution in [3.05, 3.63) is 28.8 Å². The van der Waals surface area contributed by atoms with Crippen LogP contribution in [-0.4, -0.2) is 25.1 Å². The van der Waals surface area contributed by atoms with E-state index < -0.39 is 0 Å². The lowest BCUT2D eigenvalue weighted by Gasteiger charge is -2.14. The molecule has 4 nitrogen and oxygen atoms in total. The average molecular weight is 215 g/mol. The molecule has 0 aliphatic rings. The van der Waals surface area contributed by atoms with Gasteiger partial charge in [-0.05, 0) is 12.1 Å². The van der Waals surface area contributed by atoms with Crippen LogP contribution in [0.4, 0.5) is 5.69 Å². The van der Waals surface area contributed by atoms with Gasteiger partial charge >= 0.3 is 0 Å². The maximum atomic E-state index is 11.6. The van der Waals surface area contributed by atoms with E-state index in [1.807, 2.05) is 0 Å². The number of anilines is 1. The third-order valence-electron chi connectivity index (χ3n) is 1.82. The second kappa shape index (κ2) is 4.30. The Balaban J connectivity index is 3.07. The maximum Gasteiger partial charge on any atom is 0.278 e. The molecule has 14 heavy (non-hydrogen) atoms. The number of carbonyl (C=O) groups is 1. The molecule has 0 bridgehead atoms. The molecule has 0 saturated heterocycles. The van der Waals surface area contributed by atoms with Gasteiger partial charge in [0, 0.05) is 7.05 Å². The van der Waals surface area contributed by atoms with Crippen LogP contribution in [0.25, 0.3) is 0 Å². The van der Waals surface area contributed by atoms with E-state index in [1.54, 1.807) is 18.2 Å². The van der Waals surface area contributed by atoms with Crippen molar-refractivity contribution in [2.24, 2.45) is 0 Å². The summed E-state index contributed by atoms with van der Waals surface area (Å²) in [5, 5.41) is 1.34. The van der Waals surface area contributed by atoms with E-state index >= 15 is 0 Å². The van der Waals surface area contributed by atoms with Crippen LogP contribution in [-0.2, 0) is 4.84 Å². The third kappa shape index (κ3) is 1.97. The lowest BCUT2D eigenvalue weighted by Crippen LogP contribution is -2.25. The summed E-state index contributed by atoms with van der Waals surface area (Å²) in [6.07, 6.45) is 0. The minimum absolute atomic E-state index is 0.251. The number of hydrogen-bond donors (Lipinski definition) is 1. The molecule has 76 valence electrons. The Kier molecular flexibility index (Phi) is 3.33. The van der Waals surface area contributed by atoms with Gasteiger partial charge in [0.1, 0.15) is 0 Å². The molecule has 0 unspecified atom stereocenters. The number of halogens is 1. The first-order chi connectivity index (χ1) is 6.57. The predicted molar refractivity (Wildman–Crippen MR) is 55.0 cm³/mol. The van der Waals surface area contributed by atoms with Crippen LogP contribution in [0.2, 0.25) is 5.02 Å². The summed E-state index contributed by atoms with van der Waals surface area (Å²) in [5.74, 6) is -0.329. The first kappa shape index (κ1) is 10.8. The van der Waals surface area contributed by atoms with Gasteiger partial charge in [-0.2, -0.15) is 0 Å². The molecule has 0 aliphatic heterocycles. The summed E-state index contributed by atoms with van der Waals surface area (Å²) in [6, 6.07) is 4.89. The number of nitrogens with zero attached hydrogens (tertiary/aromatic N) is 1. The fraction of sp³-hybridized carbons (Fsp3) is 0.222. The highest BCUT2D eigenvalue weighted by Gasteiger charge is 2.15. The normalized spacial score (nSPS) is 9.93. The van der Waals surface area contributed by atoms with Gasteiger partial charge in [0.15, 0.2) is 0 Å². The van der Waals surface area contributed by atoms with Crippen molar-refractivity contribution in [2.75, 3.05) is 19.9 Å². The smallest absolute Gasteiger partial charge is 0.278 e. The molecule has 0 heterocycles. The van der Waals surface area contributed by atoms with Gasteiger partial charge < -0.3 is 5.73 Å². The molecule has 0 aromatic heterocycles. The zero-order valence-electron chi connectivity index (χ0n) is 7.95. The number of hydrogen-bond acceptors (Lipinski definition) is 3. The van der Waals surface area contributed by atoms with Crippen LogP contribution in [0.5, 0.6) is 0 Å². The van der Waals surface area contributed by atoms with Crippen LogP contribution in [0.1, 0.15) is 10.4 Å². The highest BCUT2D eigenvalue weighted by molar-refractivity contribution is 6.36. The molecule has 1 aromatic carbocycles. The highest BCUT2D eigenvalue weighted by atomic mass is 35.5. The molecule has 0 saturated carbocycles. The lowest BCUT2D eigenvalue weighted by atomic mass is 10.2. The molecule has 1 aromatic rings. The molecule has 1 amide bonds. The van der Waals surface area contributed by atoms with Gasteiger partial charge in [0.05, 0.1) is 23.4 Å². The van der Waals surface area contributed by atoms with Crippen molar-refractivity contribution in [2.45, 2.75) is 0 Å². The quantitative estimate of drug-likeness (QED) is 0.601. The number of hydroxylamine groups is 2. The molecule has 0 radical (unpaired) electrons. The number of rotatable bonds is 2. The largest absolute Gasteiger partial charge is 0.398 e. The Bertz CT molecular complexity index is 355. The number of nitrogens with two attached hydrogens (primary N) is 1. The summed E-state index contributed by atoms with van der Waals surface area (Å²) >= 11 is 5.86. The van der Waals surface area contributed by atoms with Crippen molar-refractivity contribution >= 4 is 23.2 Å². The zero-order chi connectivity index (χ0) is 10.7. The first-order valence-electron chi connectivity index (χ1n) is 3.94. The van der Waals surface area contributed by atoms with Gasteiger partial charge in [0.25, 0.3) is 5.91 Å². The van der Waals surface area contributed by atoms with E-state index in [-0.39, 0.29) is 10.9 Å². The van der Waals surface area contributed by atoms with E-state index in [1.165, 1.54) is 14.2 Å². The second-order valence-electron chi connectivity index (χ2n) is 2.69. The van der Waals surface area contributed by atoms with Crippen molar-refractivity contribution in [1.82, 2.24) is 5.06 Å². The average Bonchev–Trinajstić information content (AvgIpc) is 2.20. The van der Waals surface area contributed by atoms with E-state index in [4.69, 9.17) is 22.2 Å². The van der Waals surface area contributed by atoms with Crippen molar-refractivity contribution < 1.29 is 9.63 Å². The van der Waals surface area contributed by atoms with Crippen LogP contribution in [0, 0.1) is 0 Å². The molecular formula is C9H11ClN2O2. The molecule has 0 aliphatic carbocycles. The van der Waals surface area contributed by atoms with E-state index in [9.17, 15) is 4.79 Å². The Labute approximate surface area is 87.2 Å². The number of carbonyl (C=O) groups excluding carboxylic acids is 1. The molecule has 0 spiro atoms. The van der Waals surface area contributed by atoms with Crippen molar-refractivity contribution in [3.8, 4) is 0 Å². The number of benzene rings is 1. The van der Waals surface area contributed by atoms with Gasteiger partial charge in [-0.3, -0.25) is 9.63 Å². The van der Waals surface area contributed by atoms with Gasteiger partial charge in [0.2, 0.25) is 0 Å². The maximum absolute atomic E-state index is 11.6. The minimum Gasteiger partial charge on any atom is -0.398 e. The highest BCUT2D eigenvalue weighted by Crippen LogP contribution is 2.23. The van der Waals surface area contributed by atoms with Gasteiger partial charge in [-0.1, -0.05) is 17.7 Å². The molecular weight excluding hydrogens is 204 g/mol. The van der Waals surface area contributed by atoms with E-state index in [0.29, 0.717) is 11.3 Å². The Morgan fingerprint density at radius 2 is 2.21 bits per heavy atom. The Morgan fingerprint density at radius 3 is 2.79 bits per heavy atom. The molecule has 1 rings (SSSR count). The predicted octanol–water partition coefficient (Wildman–Crippen LogP) is 1.56. The fourth-order valence-electron chi connectivity index (χ4n) is 0.968. The van der Waals surface area contributed by atoms with Crippen molar-refractivity contribution in [3.63, 3.8) is 0 Å². The molecule has 0 atom stereocenters. The van der Waals surface area contributed by atoms with Crippen LogP contribution in [0.15, 0.2) is 18.2 Å². The van der Waals surface area contributed by atoms with Gasteiger partial charge in [-0.25, -0.2) is 5.06 Å². The van der Waals surface area contributed by atoms with E-state index in [0.717, 1.165) is 5.06 Å². The first-order valence-corrected chi connectivity index (χ1v) is 4.32. The van der Waals surface area contributed by atoms with Gasteiger partial charge in [-0.15, -0.1) is 0 Å². The fourth-order valence-corrected chi connectivity index (χ4v) is 1.17. The molecule has 5 heteroatoms. The van der Waals surface area contributed by atoms with Crippen LogP contribution < -0.4 is 5.73 Å². The summed E-state index contributed by atoms with van der Waals surface area (Å²) in [4.78, 5) is 16.4. The van der Waals surface area contributed by atoms with Crippen molar-refractivity contribution in [1.29, 1.82) is 0 Å². The summed E-state index contributed by atoms with van der Waals surface area (Å²) in [6.45, 7) is 0. The van der Waals surface area contributed by atoms with Crippen LogP contribution in [0.3, 0.4) is 0 Å². The summed E-state index contributed by atoms with van der Waals surface area (Å²) in [5.41, 5.74) is 6.26. The topological polar surface area (TPSA) is 55.6 Å². The summed E-state index contributed by atoms with van der Waals surface area (Å²) < 4.78 is 0. The zero-order valence-corrected chi connectivity index (χ0v) is 8.71. The summed E-state index contributed by atoms with van der Waals surface area (Å²) in [7, 11) is 2.90. The third-order valence-corrected chi connectivity index (χ3v) is 2.24. The lowest BCUT2D eigenvalue weighted by molar-refractivity contribution is -0.0756. The Morgan fingerprint density at radius 1 is 1.57 bits per heavy atom. The van der Waals surface area contributed by atoms with E-state index in [2.05, 4.69) is 0 Å². The number of amides is 1. The standard InChI is InChI=1S/C9H11ClN2O2/c1-12(14-2)9(13)6-4-3-5-7(11)8(6)10/h3-5H,11H2,1-2H3.